The molecule has 0 aliphatic heterocycles. The summed E-state index contributed by atoms with van der Waals surface area (Å²) in [5.74, 6) is -6.82. The first-order valence-corrected chi connectivity index (χ1v) is 4.79. The van der Waals surface area contributed by atoms with Crippen molar-refractivity contribution < 1.29 is 32.3 Å². The molecule has 100 valence electrons. The molecular formula is C9H13F4NO3. The Hall–Kier alpha value is -1.34. The van der Waals surface area contributed by atoms with Crippen molar-refractivity contribution in [1.82, 2.24) is 5.32 Å². The fraction of sp³-hybridized carbons (Fsp3) is 0.778. The lowest BCUT2D eigenvalue weighted by Gasteiger charge is -2.16. The predicted molar refractivity (Wildman–Crippen MR) is 50.0 cm³/mol. The summed E-state index contributed by atoms with van der Waals surface area (Å²) in [6, 6.07) is 0. The van der Waals surface area contributed by atoms with Gasteiger partial charge in [-0.25, -0.2) is 8.78 Å². The van der Waals surface area contributed by atoms with E-state index in [1.54, 1.807) is 5.32 Å². The molecule has 1 amide bonds. The third-order valence-electron chi connectivity index (χ3n) is 1.90. The molecule has 0 fully saturated rings. The first-order chi connectivity index (χ1) is 7.65. The molecule has 0 aliphatic carbocycles. The van der Waals surface area contributed by atoms with Crippen molar-refractivity contribution in [2.24, 2.45) is 5.92 Å². The van der Waals surface area contributed by atoms with Gasteiger partial charge in [-0.1, -0.05) is 6.92 Å². The number of hydrogen-bond acceptors (Lipinski definition) is 2. The lowest BCUT2D eigenvalue weighted by atomic mass is 10.0. The van der Waals surface area contributed by atoms with Gasteiger partial charge in [-0.05, 0) is 5.92 Å². The molecule has 1 atom stereocenters. The third kappa shape index (κ3) is 6.75. The predicted octanol–water partition coefficient (Wildman–Crippen LogP) is 1.50. The lowest BCUT2D eigenvalue weighted by molar-refractivity contribution is -0.139. The van der Waals surface area contributed by atoms with Crippen molar-refractivity contribution in [3.05, 3.63) is 0 Å². The Morgan fingerprint density at radius 3 is 2.24 bits per heavy atom. The van der Waals surface area contributed by atoms with Crippen molar-refractivity contribution >= 4 is 11.9 Å². The summed E-state index contributed by atoms with van der Waals surface area (Å²) in [6.45, 7) is -0.0117. The fourth-order valence-corrected chi connectivity index (χ4v) is 1.05. The van der Waals surface area contributed by atoms with E-state index in [1.165, 1.54) is 6.92 Å². The number of carbonyl (C=O) groups is 2. The Labute approximate surface area is 95.0 Å². The van der Waals surface area contributed by atoms with Gasteiger partial charge in [0.15, 0.2) is 0 Å². The van der Waals surface area contributed by atoms with Gasteiger partial charge in [0.2, 0.25) is 5.91 Å². The maximum Gasteiger partial charge on any atom is 0.324 e. The Kier molecular flexibility index (Phi) is 5.90. The highest BCUT2D eigenvalue weighted by Gasteiger charge is 2.40. The highest BCUT2D eigenvalue weighted by atomic mass is 19.3. The summed E-state index contributed by atoms with van der Waals surface area (Å²) in [5, 5.41) is 10.0. The monoisotopic (exact) mass is 259 g/mol. The van der Waals surface area contributed by atoms with Crippen molar-refractivity contribution in [2.75, 3.05) is 6.54 Å². The number of halogens is 4. The van der Waals surface area contributed by atoms with Crippen LogP contribution in [0, 0.1) is 5.92 Å². The lowest BCUT2D eigenvalue weighted by Crippen LogP contribution is -2.41. The quantitative estimate of drug-likeness (QED) is 0.681. The second-order valence-electron chi connectivity index (χ2n) is 3.75. The van der Waals surface area contributed by atoms with E-state index >= 15 is 0 Å². The standard InChI is InChI=1S/C9H13F4NO3/c1-5(3-7(16)17)2-6(15)14-4-9(12,13)8(10)11/h5,8H,2-4H2,1H3,(H,14,15)(H,16,17). The highest BCUT2D eigenvalue weighted by Crippen LogP contribution is 2.21. The molecule has 0 heterocycles. The van der Waals surface area contributed by atoms with Gasteiger partial charge >= 0.3 is 18.3 Å². The van der Waals surface area contributed by atoms with E-state index < -0.39 is 36.7 Å². The summed E-state index contributed by atoms with van der Waals surface area (Å²) in [6.07, 6.45) is -4.44. The Morgan fingerprint density at radius 2 is 1.82 bits per heavy atom. The SMILES string of the molecule is CC(CC(=O)O)CC(=O)NCC(F)(F)C(F)F. The summed E-state index contributed by atoms with van der Waals surface area (Å²) < 4.78 is 48.2. The zero-order valence-corrected chi connectivity index (χ0v) is 9.05. The number of amides is 1. The third-order valence-corrected chi connectivity index (χ3v) is 1.90. The van der Waals surface area contributed by atoms with Crippen LogP contribution >= 0.6 is 0 Å². The summed E-state index contributed by atoms with van der Waals surface area (Å²) in [4.78, 5) is 21.3. The highest BCUT2D eigenvalue weighted by molar-refractivity contribution is 5.77. The first kappa shape index (κ1) is 15.7. The summed E-state index contributed by atoms with van der Waals surface area (Å²) in [5.41, 5.74) is 0. The molecule has 17 heavy (non-hydrogen) atoms. The van der Waals surface area contributed by atoms with Crippen LogP contribution in [-0.2, 0) is 9.59 Å². The molecule has 0 bridgehead atoms. The normalized spacial score (nSPS) is 13.5. The van der Waals surface area contributed by atoms with Crippen molar-refractivity contribution in [2.45, 2.75) is 32.1 Å². The number of carbonyl (C=O) groups excluding carboxylic acids is 1. The number of carboxylic acids is 1. The van der Waals surface area contributed by atoms with Crippen molar-refractivity contribution in [3.8, 4) is 0 Å². The maximum atomic E-state index is 12.4. The Balaban J connectivity index is 3.99. The fourth-order valence-electron chi connectivity index (χ4n) is 1.05. The molecule has 0 aromatic heterocycles. The molecular weight excluding hydrogens is 246 g/mol. The van der Waals surface area contributed by atoms with E-state index in [4.69, 9.17) is 5.11 Å². The largest absolute Gasteiger partial charge is 0.481 e. The second kappa shape index (κ2) is 6.41. The first-order valence-electron chi connectivity index (χ1n) is 4.79. The summed E-state index contributed by atoms with van der Waals surface area (Å²) in [7, 11) is 0. The number of alkyl halides is 4. The number of aliphatic carboxylic acids is 1. The molecule has 0 spiro atoms. The van der Waals surface area contributed by atoms with Gasteiger partial charge in [-0.15, -0.1) is 0 Å². The van der Waals surface area contributed by atoms with Crippen molar-refractivity contribution in [3.63, 3.8) is 0 Å². The molecule has 4 nitrogen and oxygen atoms in total. The zero-order valence-electron chi connectivity index (χ0n) is 9.05. The molecule has 0 aromatic carbocycles. The van der Waals surface area contributed by atoms with E-state index in [0.29, 0.717) is 0 Å². The van der Waals surface area contributed by atoms with Crippen LogP contribution in [0.15, 0.2) is 0 Å². The van der Waals surface area contributed by atoms with Gasteiger partial charge in [0, 0.05) is 12.8 Å². The van der Waals surface area contributed by atoms with Crippen LogP contribution in [0.25, 0.3) is 0 Å². The average molecular weight is 259 g/mol. The van der Waals surface area contributed by atoms with Gasteiger partial charge in [0.25, 0.3) is 0 Å². The van der Waals surface area contributed by atoms with Crippen LogP contribution in [0.1, 0.15) is 19.8 Å². The molecule has 0 radical (unpaired) electrons. The average Bonchev–Trinajstić information content (AvgIpc) is 2.13. The minimum atomic E-state index is -4.27. The van der Waals surface area contributed by atoms with E-state index in [-0.39, 0.29) is 12.8 Å². The Bertz CT molecular complexity index is 283. The van der Waals surface area contributed by atoms with Crippen LogP contribution < -0.4 is 5.32 Å². The van der Waals surface area contributed by atoms with Crippen LogP contribution in [-0.4, -0.2) is 35.9 Å². The molecule has 0 rings (SSSR count). The molecule has 1 unspecified atom stereocenters. The molecule has 0 saturated heterocycles. The smallest absolute Gasteiger partial charge is 0.324 e. The van der Waals surface area contributed by atoms with Gasteiger partial charge < -0.3 is 10.4 Å². The minimum Gasteiger partial charge on any atom is -0.481 e. The molecule has 0 aromatic rings. The molecule has 0 saturated carbocycles. The van der Waals surface area contributed by atoms with Gasteiger partial charge in [0.05, 0.1) is 6.54 Å². The number of rotatable bonds is 7. The van der Waals surface area contributed by atoms with E-state index in [0.717, 1.165) is 0 Å². The van der Waals surface area contributed by atoms with Crippen LogP contribution in [0.3, 0.4) is 0 Å². The van der Waals surface area contributed by atoms with E-state index in [9.17, 15) is 27.2 Å². The molecule has 2 N–H and O–H groups in total. The van der Waals surface area contributed by atoms with Crippen LogP contribution in [0.2, 0.25) is 0 Å². The summed E-state index contributed by atoms with van der Waals surface area (Å²) >= 11 is 0. The van der Waals surface area contributed by atoms with Gasteiger partial charge in [-0.2, -0.15) is 8.78 Å². The van der Waals surface area contributed by atoms with Crippen molar-refractivity contribution in [1.29, 1.82) is 0 Å². The van der Waals surface area contributed by atoms with E-state index in [2.05, 4.69) is 0 Å². The number of hydrogen-bond donors (Lipinski definition) is 2. The number of nitrogens with one attached hydrogen (secondary N) is 1. The zero-order chi connectivity index (χ0) is 13.6. The minimum absolute atomic E-state index is 0.293. The van der Waals surface area contributed by atoms with Gasteiger partial charge in [-0.3, -0.25) is 9.59 Å². The topological polar surface area (TPSA) is 66.4 Å². The van der Waals surface area contributed by atoms with E-state index in [1.807, 2.05) is 0 Å². The Morgan fingerprint density at radius 1 is 1.29 bits per heavy atom. The molecule has 8 heteroatoms. The van der Waals surface area contributed by atoms with Crippen LogP contribution in [0.4, 0.5) is 17.6 Å². The van der Waals surface area contributed by atoms with Crippen LogP contribution in [0.5, 0.6) is 0 Å². The number of carboxylic acid groups (broad SMARTS) is 1. The second-order valence-corrected chi connectivity index (χ2v) is 3.75. The van der Waals surface area contributed by atoms with Gasteiger partial charge in [0.1, 0.15) is 0 Å². The maximum absolute atomic E-state index is 12.4. The molecule has 0 aliphatic rings.